The van der Waals surface area contributed by atoms with E-state index in [1.807, 2.05) is 0 Å². The van der Waals surface area contributed by atoms with E-state index in [1.54, 1.807) is 6.92 Å². The largest absolute Gasteiger partial charge is 0.481 e. The Hall–Kier alpha value is -0.620. The number of carboxylic acids is 1. The normalized spacial score (nSPS) is 40.5. The molecule has 0 aromatic carbocycles. The molecule has 0 spiro atoms. The molecule has 120 valence electrons. The molecule has 1 aliphatic heterocycles. The standard InChI is InChI=1S/C15H25NO4S/c1-14(13(17)18)8-9-16(10-14)21(19,20)11-15-5-2-12(3-6-15)4-7-15/h12H,2-11H2,1H3,(H,17,18). The van der Waals surface area contributed by atoms with Crippen molar-refractivity contribution < 1.29 is 18.3 Å². The van der Waals surface area contributed by atoms with Gasteiger partial charge in [-0.15, -0.1) is 0 Å². The summed E-state index contributed by atoms with van der Waals surface area (Å²) in [5.41, 5.74) is -0.954. The lowest BCUT2D eigenvalue weighted by Gasteiger charge is -2.46. The van der Waals surface area contributed by atoms with Gasteiger partial charge in [0.15, 0.2) is 0 Å². The van der Waals surface area contributed by atoms with E-state index < -0.39 is 21.4 Å². The van der Waals surface area contributed by atoms with Gasteiger partial charge in [-0.1, -0.05) is 0 Å². The molecular weight excluding hydrogens is 290 g/mol. The van der Waals surface area contributed by atoms with Gasteiger partial charge in [-0.05, 0) is 63.2 Å². The van der Waals surface area contributed by atoms with Crippen LogP contribution in [0, 0.1) is 16.7 Å². The molecule has 0 aromatic heterocycles. The summed E-state index contributed by atoms with van der Waals surface area (Å²) in [4.78, 5) is 11.3. The van der Waals surface area contributed by atoms with Gasteiger partial charge in [0.1, 0.15) is 0 Å². The number of carboxylic acid groups (broad SMARTS) is 1. The summed E-state index contributed by atoms with van der Waals surface area (Å²) in [5.74, 6) is 0.149. The smallest absolute Gasteiger partial charge is 0.310 e. The third kappa shape index (κ3) is 2.72. The van der Waals surface area contributed by atoms with Crippen LogP contribution in [0.3, 0.4) is 0 Å². The highest BCUT2D eigenvalue weighted by Crippen LogP contribution is 2.51. The van der Waals surface area contributed by atoms with Crippen molar-refractivity contribution >= 4 is 16.0 Å². The fourth-order valence-corrected chi connectivity index (χ4v) is 6.61. The van der Waals surface area contributed by atoms with Gasteiger partial charge in [-0.3, -0.25) is 4.79 Å². The molecular formula is C15H25NO4S. The van der Waals surface area contributed by atoms with Crippen molar-refractivity contribution in [2.24, 2.45) is 16.7 Å². The first-order valence-corrected chi connectivity index (χ1v) is 9.57. The van der Waals surface area contributed by atoms with Crippen LogP contribution in [0.4, 0.5) is 0 Å². The molecule has 1 heterocycles. The van der Waals surface area contributed by atoms with E-state index in [1.165, 1.54) is 23.6 Å². The Bertz CT molecular complexity index is 522. The number of rotatable bonds is 4. The van der Waals surface area contributed by atoms with Gasteiger partial charge in [0.25, 0.3) is 0 Å². The summed E-state index contributed by atoms with van der Waals surface area (Å²) in [6.45, 7) is 2.13. The SMILES string of the molecule is CC1(C(=O)O)CCN(S(=O)(=O)CC23CCC(CC2)CC3)C1. The maximum absolute atomic E-state index is 12.7. The van der Waals surface area contributed by atoms with Crippen molar-refractivity contribution in [3.63, 3.8) is 0 Å². The molecule has 6 heteroatoms. The summed E-state index contributed by atoms with van der Waals surface area (Å²) in [5, 5.41) is 9.26. The maximum Gasteiger partial charge on any atom is 0.310 e. The van der Waals surface area contributed by atoms with Crippen LogP contribution >= 0.6 is 0 Å². The van der Waals surface area contributed by atoms with Crippen LogP contribution in [-0.4, -0.2) is 42.6 Å². The van der Waals surface area contributed by atoms with E-state index in [-0.39, 0.29) is 17.7 Å². The average molecular weight is 315 g/mol. The highest BCUT2D eigenvalue weighted by atomic mass is 32.2. The Labute approximate surface area is 126 Å². The lowest BCUT2D eigenvalue weighted by molar-refractivity contribution is -0.146. The summed E-state index contributed by atoms with van der Waals surface area (Å²) < 4.78 is 26.9. The van der Waals surface area contributed by atoms with E-state index in [9.17, 15) is 18.3 Å². The summed E-state index contributed by atoms with van der Waals surface area (Å²) in [6, 6.07) is 0. The van der Waals surface area contributed by atoms with Crippen LogP contribution < -0.4 is 0 Å². The minimum absolute atomic E-state index is 0.0319. The van der Waals surface area contributed by atoms with Gasteiger partial charge in [-0.25, -0.2) is 12.7 Å². The van der Waals surface area contributed by atoms with Crippen molar-refractivity contribution in [1.82, 2.24) is 4.31 Å². The van der Waals surface area contributed by atoms with Crippen LogP contribution in [0.25, 0.3) is 0 Å². The van der Waals surface area contributed by atoms with Gasteiger partial charge in [0.2, 0.25) is 10.0 Å². The van der Waals surface area contributed by atoms with Gasteiger partial charge in [0.05, 0.1) is 11.2 Å². The molecule has 1 saturated heterocycles. The first kappa shape index (κ1) is 15.3. The average Bonchev–Trinajstić information content (AvgIpc) is 2.85. The molecule has 21 heavy (non-hydrogen) atoms. The Kier molecular flexibility index (Phi) is 3.60. The molecule has 0 amide bonds. The van der Waals surface area contributed by atoms with Crippen molar-refractivity contribution in [3.05, 3.63) is 0 Å². The third-order valence-electron chi connectivity index (χ3n) is 6.09. The number of nitrogens with zero attached hydrogens (tertiary/aromatic N) is 1. The van der Waals surface area contributed by atoms with Crippen LogP contribution in [0.1, 0.15) is 51.9 Å². The number of sulfonamides is 1. The Morgan fingerprint density at radius 3 is 2.24 bits per heavy atom. The molecule has 3 saturated carbocycles. The molecule has 0 aromatic rings. The zero-order chi connectivity index (χ0) is 15.3. The first-order valence-electron chi connectivity index (χ1n) is 7.96. The van der Waals surface area contributed by atoms with Crippen LogP contribution in [0.15, 0.2) is 0 Å². The molecule has 4 aliphatic rings. The fraction of sp³-hybridized carbons (Fsp3) is 0.933. The summed E-state index contributed by atoms with van der Waals surface area (Å²) in [7, 11) is -3.34. The highest BCUT2D eigenvalue weighted by Gasteiger charge is 2.48. The number of hydrogen-bond acceptors (Lipinski definition) is 3. The topological polar surface area (TPSA) is 74.7 Å². The minimum atomic E-state index is -3.34. The highest BCUT2D eigenvalue weighted by molar-refractivity contribution is 7.89. The quantitative estimate of drug-likeness (QED) is 0.862. The van der Waals surface area contributed by atoms with Gasteiger partial charge < -0.3 is 5.11 Å². The molecule has 1 N–H and O–H groups in total. The second-order valence-corrected chi connectivity index (χ2v) is 9.66. The van der Waals surface area contributed by atoms with Gasteiger partial charge >= 0.3 is 5.97 Å². The lowest BCUT2D eigenvalue weighted by Crippen LogP contribution is -2.44. The molecule has 1 atom stereocenters. The zero-order valence-electron chi connectivity index (χ0n) is 12.7. The summed E-state index contributed by atoms with van der Waals surface area (Å²) >= 11 is 0. The van der Waals surface area contributed by atoms with Crippen LogP contribution in [0.5, 0.6) is 0 Å². The van der Waals surface area contributed by atoms with Gasteiger partial charge in [0, 0.05) is 13.1 Å². The van der Waals surface area contributed by atoms with E-state index in [0.29, 0.717) is 13.0 Å². The predicted molar refractivity (Wildman–Crippen MR) is 79.3 cm³/mol. The van der Waals surface area contributed by atoms with Crippen molar-refractivity contribution in [3.8, 4) is 0 Å². The van der Waals surface area contributed by atoms with E-state index in [0.717, 1.165) is 25.2 Å². The second kappa shape index (κ2) is 4.95. The minimum Gasteiger partial charge on any atom is -0.481 e. The molecule has 4 rings (SSSR count). The first-order chi connectivity index (χ1) is 9.75. The van der Waals surface area contributed by atoms with E-state index in [2.05, 4.69) is 0 Å². The number of fused-ring (bicyclic) bond motifs is 3. The maximum atomic E-state index is 12.7. The number of carbonyl (C=O) groups is 1. The number of aliphatic carboxylic acids is 1. The van der Waals surface area contributed by atoms with Crippen molar-refractivity contribution in [1.29, 1.82) is 0 Å². The molecule has 5 nitrogen and oxygen atoms in total. The fourth-order valence-electron chi connectivity index (χ4n) is 4.36. The lowest BCUT2D eigenvalue weighted by atomic mass is 9.62. The molecule has 3 aliphatic carbocycles. The summed E-state index contributed by atoms with van der Waals surface area (Å²) in [6.07, 6.45) is 7.01. The Morgan fingerprint density at radius 2 is 1.76 bits per heavy atom. The van der Waals surface area contributed by atoms with Gasteiger partial charge in [-0.2, -0.15) is 0 Å². The van der Waals surface area contributed by atoms with E-state index in [4.69, 9.17) is 0 Å². The van der Waals surface area contributed by atoms with Crippen LogP contribution in [0.2, 0.25) is 0 Å². The third-order valence-corrected chi connectivity index (χ3v) is 8.16. The molecule has 1 unspecified atom stereocenters. The van der Waals surface area contributed by atoms with Crippen molar-refractivity contribution in [2.45, 2.75) is 51.9 Å². The Morgan fingerprint density at radius 1 is 1.19 bits per heavy atom. The van der Waals surface area contributed by atoms with Crippen LogP contribution in [-0.2, 0) is 14.8 Å². The second-order valence-electron chi connectivity index (χ2n) is 7.69. The molecule has 0 radical (unpaired) electrons. The van der Waals surface area contributed by atoms with E-state index >= 15 is 0 Å². The number of hydrogen-bond donors (Lipinski definition) is 1. The molecule has 2 bridgehead atoms. The predicted octanol–water partition coefficient (Wildman–Crippen LogP) is 2.08. The Balaban J connectivity index is 1.72. The monoisotopic (exact) mass is 315 g/mol. The zero-order valence-corrected chi connectivity index (χ0v) is 13.5. The molecule has 4 fully saturated rings. The van der Waals surface area contributed by atoms with Crippen molar-refractivity contribution in [2.75, 3.05) is 18.8 Å².